The summed E-state index contributed by atoms with van der Waals surface area (Å²) in [6.07, 6.45) is 3.11. The van der Waals surface area contributed by atoms with Crippen LogP contribution in [0.2, 0.25) is 0 Å². The Hall–Kier alpha value is -2.10. The lowest BCUT2D eigenvalue weighted by Gasteiger charge is -2.09. The number of amides is 2. The fourth-order valence-electron chi connectivity index (χ4n) is 1.30. The highest BCUT2D eigenvalue weighted by atomic mass is 16.2. The summed E-state index contributed by atoms with van der Waals surface area (Å²) >= 11 is 0. The Balaban J connectivity index is 2.73. The fourth-order valence-corrected chi connectivity index (χ4v) is 1.30. The third-order valence-corrected chi connectivity index (χ3v) is 2.24. The molecular weight excluding hydrogens is 228 g/mol. The van der Waals surface area contributed by atoms with Crippen LogP contribution in [0.25, 0.3) is 0 Å². The van der Waals surface area contributed by atoms with Gasteiger partial charge in [0, 0.05) is 17.3 Å². The van der Waals surface area contributed by atoms with Crippen LogP contribution in [-0.2, 0) is 9.59 Å². The second-order valence-corrected chi connectivity index (χ2v) is 4.21. The molecule has 96 valence electrons. The Morgan fingerprint density at radius 2 is 1.78 bits per heavy atom. The fraction of sp³-hybridized carbons (Fsp3) is 0.286. The molecule has 1 aromatic carbocycles. The lowest BCUT2D eigenvalue weighted by Crippen LogP contribution is -2.17. The van der Waals surface area contributed by atoms with Crippen molar-refractivity contribution in [2.24, 2.45) is 5.92 Å². The van der Waals surface area contributed by atoms with Crippen molar-refractivity contribution in [1.82, 2.24) is 0 Å². The van der Waals surface area contributed by atoms with E-state index in [-0.39, 0.29) is 17.7 Å². The summed E-state index contributed by atoms with van der Waals surface area (Å²) in [4.78, 5) is 22.9. The molecular formula is C14H18N2O2. The Kier molecular flexibility index (Phi) is 5.11. The third-order valence-electron chi connectivity index (χ3n) is 2.24. The van der Waals surface area contributed by atoms with E-state index in [1.165, 1.54) is 6.08 Å². The molecule has 2 N–H and O–H groups in total. The van der Waals surface area contributed by atoms with Gasteiger partial charge in [-0.15, -0.1) is 0 Å². The van der Waals surface area contributed by atoms with E-state index in [2.05, 4.69) is 10.6 Å². The molecule has 0 heterocycles. The molecule has 0 aliphatic carbocycles. The SMILES string of the molecule is CC=CC(=O)Nc1cccc(NC(=O)C(C)C)c1. The van der Waals surface area contributed by atoms with Crippen molar-refractivity contribution in [1.29, 1.82) is 0 Å². The molecule has 18 heavy (non-hydrogen) atoms. The van der Waals surface area contributed by atoms with Crippen LogP contribution in [0.1, 0.15) is 20.8 Å². The zero-order chi connectivity index (χ0) is 13.5. The summed E-state index contributed by atoms with van der Waals surface area (Å²) in [7, 11) is 0. The normalized spacial score (nSPS) is 10.7. The van der Waals surface area contributed by atoms with Gasteiger partial charge in [-0.05, 0) is 31.2 Å². The van der Waals surface area contributed by atoms with Gasteiger partial charge < -0.3 is 10.6 Å². The van der Waals surface area contributed by atoms with Gasteiger partial charge in [0.05, 0.1) is 0 Å². The topological polar surface area (TPSA) is 58.2 Å². The minimum Gasteiger partial charge on any atom is -0.326 e. The van der Waals surface area contributed by atoms with E-state index in [1.54, 1.807) is 37.3 Å². The Morgan fingerprint density at radius 3 is 2.33 bits per heavy atom. The Bertz CT molecular complexity index is 465. The predicted octanol–water partition coefficient (Wildman–Crippen LogP) is 2.80. The van der Waals surface area contributed by atoms with Crippen molar-refractivity contribution in [3.05, 3.63) is 36.4 Å². The first-order valence-electron chi connectivity index (χ1n) is 5.87. The van der Waals surface area contributed by atoms with Gasteiger partial charge in [-0.1, -0.05) is 26.0 Å². The maximum absolute atomic E-state index is 11.5. The summed E-state index contributed by atoms with van der Waals surface area (Å²) in [6, 6.07) is 7.06. The summed E-state index contributed by atoms with van der Waals surface area (Å²) in [5.74, 6) is -0.317. The molecule has 0 fully saturated rings. The monoisotopic (exact) mass is 246 g/mol. The van der Waals surface area contributed by atoms with E-state index >= 15 is 0 Å². The lowest BCUT2D eigenvalue weighted by atomic mass is 10.2. The average molecular weight is 246 g/mol. The Morgan fingerprint density at radius 1 is 1.17 bits per heavy atom. The molecule has 1 rings (SSSR count). The highest BCUT2D eigenvalue weighted by molar-refractivity contribution is 6.00. The van der Waals surface area contributed by atoms with Gasteiger partial charge in [0.2, 0.25) is 11.8 Å². The summed E-state index contributed by atoms with van der Waals surface area (Å²) in [5, 5.41) is 5.49. The number of allylic oxidation sites excluding steroid dienone is 1. The first kappa shape index (κ1) is 14.0. The van der Waals surface area contributed by atoms with E-state index < -0.39 is 0 Å². The second kappa shape index (κ2) is 6.59. The summed E-state index contributed by atoms with van der Waals surface area (Å²) in [6.45, 7) is 5.43. The first-order chi connectivity index (χ1) is 8.52. The number of anilines is 2. The smallest absolute Gasteiger partial charge is 0.248 e. The molecule has 0 spiro atoms. The maximum Gasteiger partial charge on any atom is 0.248 e. The van der Waals surface area contributed by atoms with E-state index in [0.717, 1.165) is 0 Å². The molecule has 0 saturated carbocycles. The highest BCUT2D eigenvalue weighted by Crippen LogP contribution is 2.15. The number of hydrogen-bond donors (Lipinski definition) is 2. The van der Waals surface area contributed by atoms with E-state index in [1.807, 2.05) is 13.8 Å². The maximum atomic E-state index is 11.5. The van der Waals surface area contributed by atoms with E-state index in [4.69, 9.17) is 0 Å². The van der Waals surface area contributed by atoms with Crippen molar-refractivity contribution in [3.63, 3.8) is 0 Å². The van der Waals surface area contributed by atoms with Gasteiger partial charge in [0.1, 0.15) is 0 Å². The van der Waals surface area contributed by atoms with E-state index in [0.29, 0.717) is 11.4 Å². The number of hydrogen-bond acceptors (Lipinski definition) is 2. The molecule has 0 atom stereocenters. The number of benzene rings is 1. The average Bonchev–Trinajstić information content (AvgIpc) is 2.29. The summed E-state index contributed by atoms with van der Waals surface area (Å²) in [5.41, 5.74) is 1.33. The van der Waals surface area contributed by atoms with Crippen molar-refractivity contribution < 1.29 is 9.59 Å². The standard InChI is InChI=1S/C14H18N2O2/c1-4-6-13(17)15-11-7-5-8-12(9-11)16-14(18)10(2)3/h4-10H,1-3H3,(H,15,17)(H,16,18). The van der Waals surface area contributed by atoms with Gasteiger partial charge in [-0.25, -0.2) is 0 Å². The lowest BCUT2D eigenvalue weighted by molar-refractivity contribution is -0.119. The van der Waals surface area contributed by atoms with Crippen LogP contribution in [0.3, 0.4) is 0 Å². The third kappa shape index (κ3) is 4.41. The van der Waals surface area contributed by atoms with Crippen LogP contribution in [0, 0.1) is 5.92 Å². The van der Waals surface area contributed by atoms with Gasteiger partial charge in [0.15, 0.2) is 0 Å². The van der Waals surface area contributed by atoms with Crippen LogP contribution >= 0.6 is 0 Å². The molecule has 4 heteroatoms. The number of rotatable bonds is 4. The Labute approximate surface area is 107 Å². The molecule has 4 nitrogen and oxygen atoms in total. The molecule has 0 unspecified atom stereocenters. The van der Waals surface area contributed by atoms with Crippen molar-refractivity contribution in [2.75, 3.05) is 10.6 Å². The second-order valence-electron chi connectivity index (χ2n) is 4.21. The number of carbonyl (C=O) groups is 2. The van der Waals surface area contributed by atoms with Gasteiger partial charge in [-0.2, -0.15) is 0 Å². The largest absolute Gasteiger partial charge is 0.326 e. The molecule has 0 radical (unpaired) electrons. The molecule has 0 aliphatic rings. The van der Waals surface area contributed by atoms with Crippen LogP contribution in [0.5, 0.6) is 0 Å². The molecule has 0 aromatic heterocycles. The van der Waals surface area contributed by atoms with Crippen LogP contribution < -0.4 is 10.6 Å². The number of carbonyl (C=O) groups excluding carboxylic acids is 2. The number of nitrogens with one attached hydrogen (secondary N) is 2. The van der Waals surface area contributed by atoms with Crippen LogP contribution in [0.15, 0.2) is 36.4 Å². The molecule has 1 aromatic rings. The quantitative estimate of drug-likeness (QED) is 0.802. The molecule has 0 bridgehead atoms. The van der Waals surface area contributed by atoms with Crippen molar-refractivity contribution >= 4 is 23.2 Å². The minimum atomic E-state index is -0.190. The minimum absolute atomic E-state index is 0.0491. The van der Waals surface area contributed by atoms with Crippen LogP contribution in [-0.4, -0.2) is 11.8 Å². The zero-order valence-corrected chi connectivity index (χ0v) is 10.9. The van der Waals surface area contributed by atoms with Gasteiger partial charge in [-0.3, -0.25) is 9.59 Å². The summed E-state index contributed by atoms with van der Waals surface area (Å²) < 4.78 is 0. The molecule has 0 aliphatic heterocycles. The molecule has 0 saturated heterocycles. The van der Waals surface area contributed by atoms with Gasteiger partial charge >= 0.3 is 0 Å². The van der Waals surface area contributed by atoms with Crippen molar-refractivity contribution in [2.45, 2.75) is 20.8 Å². The predicted molar refractivity (Wildman–Crippen MR) is 73.4 cm³/mol. The van der Waals surface area contributed by atoms with Gasteiger partial charge in [0.25, 0.3) is 0 Å². The first-order valence-corrected chi connectivity index (χ1v) is 5.87. The van der Waals surface area contributed by atoms with E-state index in [9.17, 15) is 9.59 Å². The van der Waals surface area contributed by atoms with Crippen molar-refractivity contribution in [3.8, 4) is 0 Å². The zero-order valence-electron chi connectivity index (χ0n) is 10.9. The molecule has 2 amide bonds. The van der Waals surface area contributed by atoms with Crippen LogP contribution in [0.4, 0.5) is 11.4 Å². The highest BCUT2D eigenvalue weighted by Gasteiger charge is 2.07.